The maximum atomic E-state index is 11.6. The Morgan fingerprint density at radius 1 is 1.58 bits per heavy atom. The molecular formula is C14H24N2O2S. The largest absolute Gasteiger partial charge is 0.459 e. The summed E-state index contributed by atoms with van der Waals surface area (Å²) in [6.07, 6.45) is 6.95. The van der Waals surface area contributed by atoms with E-state index in [1.165, 1.54) is 18.7 Å². The first kappa shape index (κ1) is 16.0. The Balaban J connectivity index is 2.46. The monoisotopic (exact) mass is 284 g/mol. The van der Waals surface area contributed by atoms with E-state index < -0.39 is 0 Å². The standard InChI is InChI=1S/C14H24N2O2S/c1-10(2)14(3)7-4-5-11(9-14)18-12(17)6-8-16-13(15)19/h6,8,10-11H,4-5,7,9H2,1-3H3,(H3,15,16,19)/t11-,14+/m0/s1. The van der Waals surface area contributed by atoms with Crippen molar-refractivity contribution < 1.29 is 9.53 Å². The Morgan fingerprint density at radius 2 is 2.26 bits per heavy atom. The normalized spacial score (nSPS) is 27.5. The summed E-state index contributed by atoms with van der Waals surface area (Å²) < 4.78 is 5.47. The highest BCUT2D eigenvalue weighted by molar-refractivity contribution is 7.80. The van der Waals surface area contributed by atoms with Crippen LogP contribution in [0.25, 0.3) is 0 Å². The zero-order chi connectivity index (χ0) is 14.5. The van der Waals surface area contributed by atoms with Gasteiger partial charge < -0.3 is 15.8 Å². The smallest absolute Gasteiger partial charge is 0.332 e. The molecule has 0 unspecified atom stereocenters. The summed E-state index contributed by atoms with van der Waals surface area (Å²) in [5.74, 6) is 0.252. The molecule has 0 saturated heterocycles. The third-order valence-corrected chi connectivity index (χ3v) is 4.21. The van der Waals surface area contributed by atoms with E-state index in [4.69, 9.17) is 10.5 Å². The van der Waals surface area contributed by atoms with Crippen molar-refractivity contribution in [3.8, 4) is 0 Å². The Bertz CT molecular complexity index is 368. The number of esters is 1. The third kappa shape index (κ3) is 5.19. The molecule has 2 atom stereocenters. The summed E-state index contributed by atoms with van der Waals surface area (Å²) in [6, 6.07) is 0. The van der Waals surface area contributed by atoms with Crippen LogP contribution in [0.3, 0.4) is 0 Å². The van der Waals surface area contributed by atoms with Crippen LogP contribution in [0.2, 0.25) is 0 Å². The number of nitrogens with two attached hydrogens (primary N) is 1. The van der Waals surface area contributed by atoms with Gasteiger partial charge in [-0.15, -0.1) is 0 Å². The molecule has 1 aliphatic rings. The molecule has 0 aromatic carbocycles. The van der Waals surface area contributed by atoms with E-state index in [0.29, 0.717) is 5.92 Å². The molecule has 19 heavy (non-hydrogen) atoms. The zero-order valence-electron chi connectivity index (χ0n) is 11.9. The molecule has 0 aliphatic heterocycles. The van der Waals surface area contributed by atoms with E-state index in [-0.39, 0.29) is 22.6 Å². The number of hydrogen-bond acceptors (Lipinski definition) is 3. The first-order chi connectivity index (χ1) is 8.83. The number of nitrogens with one attached hydrogen (secondary N) is 1. The SMILES string of the molecule is CC(C)[C@]1(C)CCC[C@H](OC(=O)C=CNC(N)=S)C1. The minimum atomic E-state index is -0.346. The maximum absolute atomic E-state index is 11.6. The third-order valence-electron chi connectivity index (χ3n) is 4.09. The van der Waals surface area contributed by atoms with Gasteiger partial charge in [-0.3, -0.25) is 0 Å². The van der Waals surface area contributed by atoms with Crippen molar-refractivity contribution in [2.75, 3.05) is 0 Å². The average Bonchev–Trinajstić information content (AvgIpc) is 2.28. The second kappa shape index (κ2) is 6.89. The average molecular weight is 284 g/mol. The van der Waals surface area contributed by atoms with Gasteiger partial charge in [-0.2, -0.15) is 0 Å². The van der Waals surface area contributed by atoms with E-state index in [1.807, 2.05) is 0 Å². The summed E-state index contributed by atoms with van der Waals surface area (Å²) in [5.41, 5.74) is 5.52. The molecule has 1 saturated carbocycles. The molecule has 0 spiro atoms. The van der Waals surface area contributed by atoms with Crippen molar-refractivity contribution in [3.05, 3.63) is 12.3 Å². The second-order valence-corrected chi connectivity index (χ2v) is 6.25. The fraction of sp³-hybridized carbons (Fsp3) is 0.714. The number of rotatable bonds is 4. The Morgan fingerprint density at radius 3 is 2.84 bits per heavy atom. The fourth-order valence-electron chi connectivity index (χ4n) is 2.48. The number of hydrogen-bond donors (Lipinski definition) is 2. The lowest BCUT2D eigenvalue weighted by molar-refractivity contribution is -0.147. The Kier molecular flexibility index (Phi) is 5.79. The van der Waals surface area contributed by atoms with Crippen molar-refractivity contribution in [2.24, 2.45) is 17.1 Å². The first-order valence-electron chi connectivity index (χ1n) is 6.76. The van der Waals surface area contributed by atoms with Gasteiger partial charge in [0.05, 0.1) is 0 Å². The summed E-state index contributed by atoms with van der Waals surface area (Å²) in [7, 11) is 0. The fourth-order valence-corrected chi connectivity index (χ4v) is 2.55. The van der Waals surface area contributed by atoms with Gasteiger partial charge in [0.15, 0.2) is 5.11 Å². The van der Waals surface area contributed by atoms with Crippen LogP contribution in [0.5, 0.6) is 0 Å². The van der Waals surface area contributed by atoms with E-state index in [1.54, 1.807) is 0 Å². The predicted molar refractivity (Wildman–Crippen MR) is 80.4 cm³/mol. The molecule has 1 rings (SSSR count). The molecule has 0 amide bonds. The molecule has 5 heteroatoms. The minimum absolute atomic E-state index is 0.0168. The van der Waals surface area contributed by atoms with Gasteiger partial charge in [0.25, 0.3) is 0 Å². The van der Waals surface area contributed by atoms with Gasteiger partial charge >= 0.3 is 5.97 Å². The molecule has 3 N–H and O–H groups in total. The minimum Gasteiger partial charge on any atom is -0.459 e. The van der Waals surface area contributed by atoms with Gasteiger partial charge in [-0.25, -0.2) is 4.79 Å². The summed E-state index contributed by atoms with van der Waals surface area (Å²) in [4.78, 5) is 11.6. The van der Waals surface area contributed by atoms with Gasteiger partial charge in [-0.1, -0.05) is 20.8 Å². The van der Waals surface area contributed by atoms with Crippen molar-refractivity contribution in [3.63, 3.8) is 0 Å². The molecule has 0 aromatic rings. The van der Waals surface area contributed by atoms with Gasteiger partial charge in [0.1, 0.15) is 6.10 Å². The summed E-state index contributed by atoms with van der Waals surface area (Å²) >= 11 is 4.63. The van der Waals surface area contributed by atoms with Crippen molar-refractivity contribution in [1.82, 2.24) is 5.32 Å². The molecule has 0 heterocycles. The number of ether oxygens (including phenoxy) is 1. The highest BCUT2D eigenvalue weighted by atomic mass is 32.1. The zero-order valence-corrected chi connectivity index (χ0v) is 12.8. The first-order valence-corrected chi connectivity index (χ1v) is 7.17. The molecule has 1 aliphatic carbocycles. The topological polar surface area (TPSA) is 64.3 Å². The van der Waals surface area contributed by atoms with Crippen LogP contribution < -0.4 is 11.1 Å². The van der Waals surface area contributed by atoms with E-state index in [9.17, 15) is 4.79 Å². The van der Waals surface area contributed by atoms with Crippen LogP contribution in [0, 0.1) is 11.3 Å². The maximum Gasteiger partial charge on any atom is 0.332 e. The number of carbonyl (C=O) groups is 1. The van der Waals surface area contributed by atoms with Crippen LogP contribution in [0.4, 0.5) is 0 Å². The van der Waals surface area contributed by atoms with Gasteiger partial charge in [0.2, 0.25) is 0 Å². The van der Waals surface area contributed by atoms with Crippen LogP contribution in [0.15, 0.2) is 12.3 Å². The molecule has 108 valence electrons. The quantitative estimate of drug-likeness (QED) is 0.472. The van der Waals surface area contributed by atoms with Crippen LogP contribution in [-0.2, 0) is 9.53 Å². The summed E-state index contributed by atoms with van der Waals surface area (Å²) in [6.45, 7) is 6.74. The van der Waals surface area contributed by atoms with Gasteiger partial charge in [0, 0.05) is 12.3 Å². The van der Waals surface area contributed by atoms with Crippen molar-refractivity contribution >= 4 is 23.3 Å². The van der Waals surface area contributed by atoms with E-state index in [0.717, 1.165) is 19.3 Å². The van der Waals surface area contributed by atoms with E-state index >= 15 is 0 Å². The van der Waals surface area contributed by atoms with Gasteiger partial charge in [-0.05, 0) is 49.2 Å². The lowest BCUT2D eigenvalue weighted by Gasteiger charge is -2.40. The van der Waals surface area contributed by atoms with E-state index in [2.05, 4.69) is 38.3 Å². The molecule has 0 radical (unpaired) electrons. The predicted octanol–water partition coefficient (Wildman–Crippen LogP) is 2.48. The highest BCUT2D eigenvalue weighted by Crippen LogP contribution is 2.42. The van der Waals surface area contributed by atoms with Crippen LogP contribution in [0.1, 0.15) is 46.5 Å². The highest BCUT2D eigenvalue weighted by Gasteiger charge is 2.36. The van der Waals surface area contributed by atoms with Crippen molar-refractivity contribution in [2.45, 2.75) is 52.6 Å². The summed E-state index contributed by atoms with van der Waals surface area (Å²) in [5, 5.41) is 2.71. The Labute approximate surface area is 120 Å². The van der Waals surface area contributed by atoms with Crippen LogP contribution in [-0.4, -0.2) is 17.2 Å². The number of thiocarbonyl (C=S) groups is 1. The lowest BCUT2D eigenvalue weighted by atomic mass is 9.67. The Hall–Kier alpha value is -1.10. The second-order valence-electron chi connectivity index (χ2n) is 5.81. The van der Waals surface area contributed by atoms with Crippen LogP contribution >= 0.6 is 12.2 Å². The molecular weight excluding hydrogens is 260 g/mol. The molecule has 1 fully saturated rings. The van der Waals surface area contributed by atoms with Crippen molar-refractivity contribution in [1.29, 1.82) is 0 Å². The molecule has 0 aromatic heterocycles. The molecule has 4 nitrogen and oxygen atoms in total. The lowest BCUT2D eigenvalue weighted by Crippen LogP contribution is -2.35. The molecule has 0 bridgehead atoms. The number of carbonyl (C=O) groups excluding carboxylic acids is 1.